The number of fused-ring (bicyclic) bond motifs is 1. The van der Waals surface area contributed by atoms with Gasteiger partial charge in [-0.05, 0) is 54.5 Å². The van der Waals surface area contributed by atoms with Crippen molar-refractivity contribution in [2.24, 2.45) is 0 Å². The van der Waals surface area contributed by atoms with Crippen LogP contribution in [0.3, 0.4) is 0 Å². The van der Waals surface area contributed by atoms with Gasteiger partial charge in [0.2, 0.25) is 0 Å². The molecule has 2 aromatic heterocycles. The predicted octanol–water partition coefficient (Wildman–Crippen LogP) is 7.14. The number of rotatable bonds is 4. The third-order valence-corrected chi connectivity index (χ3v) is 4.79. The summed E-state index contributed by atoms with van der Waals surface area (Å²) in [5, 5.41) is 0. The van der Waals surface area contributed by atoms with Crippen LogP contribution in [0.4, 0.5) is 17.1 Å². The Hall–Kier alpha value is -4.16. The van der Waals surface area contributed by atoms with Crippen molar-refractivity contribution in [1.29, 1.82) is 0 Å². The van der Waals surface area contributed by atoms with Crippen LogP contribution in [-0.4, -0.2) is 0 Å². The number of nitrogens with zero attached hydrogens (tertiary/aromatic N) is 1. The van der Waals surface area contributed by atoms with E-state index < -0.39 is 0 Å². The number of para-hydroxylation sites is 2. The van der Waals surface area contributed by atoms with Crippen molar-refractivity contribution in [1.82, 2.24) is 0 Å². The summed E-state index contributed by atoms with van der Waals surface area (Å²) in [6.45, 7) is 0. The number of hydrogen-bond acceptors (Lipinski definition) is 3. The Kier molecular flexibility index (Phi) is 4.16. The molecule has 0 unspecified atom stereocenters. The van der Waals surface area contributed by atoms with Gasteiger partial charge in [0.05, 0.1) is 0 Å². The van der Waals surface area contributed by atoms with Crippen LogP contribution in [0.25, 0.3) is 22.5 Å². The summed E-state index contributed by atoms with van der Waals surface area (Å²) < 4.78 is 11.5. The Morgan fingerprint density at radius 2 is 1.17 bits per heavy atom. The predicted molar refractivity (Wildman–Crippen MR) is 117 cm³/mol. The molecular formula is C26H17NO2. The van der Waals surface area contributed by atoms with Crippen LogP contribution in [0.15, 0.2) is 106 Å². The molecule has 0 radical (unpaired) electrons. The topological polar surface area (TPSA) is 29.5 Å². The molecule has 0 saturated carbocycles. The Morgan fingerprint density at radius 3 is 1.72 bits per heavy atom. The third-order valence-electron chi connectivity index (χ3n) is 4.79. The third kappa shape index (κ3) is 3.18. The van der Waals surface area contributed by atoms with Crippen LogP contribution >= 0.6 is 0 Å². The van der Waals surface area contributed by atoms with E-state index in [1.807, 2.05) is 54.6 Å². The van der Waals surface area contributed by atoms with Crippen molar-refractivity contribution < 1.29 is 8.83 Å². The highest BCUT2D eigenvalue weighted by molar-refractivity contribution is 5.81. The zero-order valence-electron chi connectivity index (χ0n) is 15.6. The molecule has 0 bridgehead atoms. The lowest BCUT2D eigenvalue weighted by molar-refractivity contribution is 0.600. The van der Waals surface area contributed by atoms with Gasteiger partial charge in [0.25, 0.3) is 0 Å². The molecule has 0 spiro atoms. The fourth-order valence-corrected chi connectivity index (χ4v) is 3.43. The summed E-state index contributed by atoms with van der Waals surface area (Å²) in [4.78, 5) is 2.22. The Morgan fingerprint density at radius 1 is 0.621 bits per heavy atom. The minimum Gasteiger partial charge on any atom is -0.452 e. The lowest BCUT2D eigenvalue weighted by Crippen LogP contribution is -2.09. The van der Waals surface area contributed by atoms with Crippen LogP contribution in [0.1, 0.15) is 5.76 Å². The molecule has 138 valence electrons. The molecule has 3 heteroatoms. The smallest absolute Gasteiger partial charge is 0.181 e. The van der Waals surface area contributed by atoms with Gasteiger partial charge in [-0.25, -0.2) is 0 Å². The normalized spacial score (nSPS) is 10.7. The molecule has 5 rings (SSSR count). The van der Waals surface area contributed by atoms with Crippen molar-refractivity contribution in [3.8, 4) is 23.7 Å². The minimum atomic E-state index is 0.474. The number of terminal acetylenes is 1. The van der Waals surface area contributed by atoms with E-state index in [0.717, 1.165) is 28.4 Å². The summed E-state index contributed by atoms with van der Waals surface area (Å²) in [5.74, 6) is 3.70. The van der Waals surface area contributed by atoms with Crippen molar-refractivity contribution in [3.05, 3.63) is 103 Å². The van der Waals surface area contributed by atoms with Gasteiger partial charge >= 0.3 is 0 Å². The van der Waals surface area contributed by atoms with Crippen LogP contribution in [0, 0.1) is 12.3 Å². The highest BCUT2D eigenvalue weighted by Crippen LogP contribution is 2.36. The average Bonchev–Trinajstić information content (AvgIpc) is 3.35. The first-order chi connectivity index (χ1) is 14.3. The molecule has 3 nitrogen and oxygen atoms in total. The number of anilines is 3. The van der Waals surface area contributed by atoms with E-state index in [1.165, 1.54) is 0 Å². The summed E-state index contributed by atoms with van der Waals surface area (Å²) in [6.07, 6.45) is 5.37. The van der Waals surface area contributed by atoms with Crippen molar-refractivity contribution in [3.63, 3.8) is 0 Å². The SMILES string of the molecule is C#Cc1cc2oc(-c3ccc(N(c4ccccc4)c4ccccc4)cc3)cc2o1. The van der Waals surface area contributed by atoms with Gasteiger partial charge in [-0.2, -0.15) is 0 Å². The van der Waals surface area contributed by atoms with Gasteiger partial charge in [0, 0.05) is 34.8 Å². The fraction of sp³-hybridized carbons (Fsp3) is 0. The molecule has 5 aromatic rings. The average molecular weight is 375 g/mol. The summed E-state index contributed by atoms with van der Waals surface area (Å²) >= 11 is 0. The standard InChI is InChI=1S/C26H17NO2/c1-2-23-17-25-26(28-23)18-24(29-25)19-13-15-22(16-14-19)27(20-9-5-3-6-10-20)21-11-7-4-8-12-21/h1,3-18H. The molecule has 0 atom stereocenters. The van der Waals surface area contributed by atoms with Gasteiger partial charge in [0.15, 0.2) is 16.9 Å². The van der Waals surface area contributed by atoms with Gasteiger partial charge in [-0.15, -0.1) is 6.42 Å². The van der Waals surface area contributed by atoms with Crippen LogP contribution in [-0.2, 0) is 0 Å². The van der Waals surface area contributed by atoms with Crippen LogP contribution < -0.4 is 4.90 Å². The molecule has 0 amide bonds. The summed E-state index contributed by atoms with van der Waals surface area (Å²) in [6, 6.07) is 32.5. The first-order valence-electron chi connectivity index (χ1n) is 9.32. The zero-order valence-corrected chi connectivity index (χ0v) is 15.6. The number of hydrogen-bond donors (Lipinski definition) is 0. The van der Waals surface area contributed by atoms with Crippen LogP contribution in [0.2, 0.25) is 0 Å². The molecule has 0 N–H and O–H groups in total. The van der Waals surface area contributed by atoms with E-state index in [9.17, 15) is 0 Å². The van der Waals surface area contributed by atoms with E-state index in [4.69, 9.17) is 15.3 Å². The monoisotopic (exact) mass is 375 g/mol. The Labute approximate surface area is 168 Å². The lowest BCUT2D eigenvalue weighted by atomic mass is 10.1. The second-order valence-electron chi connectivity index (χ2n) is 6.65. The molecular weight excluding hydrogens is 358 g/mol. The molecule has 0 aliphatic carbocycles. The van der Waals surface area contributed by atoms with Gasteiger partial charge < -0.3 is 13.7 Å². The maximum absolute atomic E-state index is 5.90. The van der Waals surface area contributed by atoms with Gasteiger partial charge in [-0.3, -0.25) is 0 Å². The maximum Gasteiger partial charge on any atom is 0.181 e. The Bertz CT molecular complexity index is 1220. The van der Waals surface area contributed by atoms with Crippen LogP contribution in [0.5, 0.6) is 0 Å². The first-order valence-corrected chi connectivity index (χ1v) is 9.32. The molecule has 3 aromatic carbocycles. The number of furan rings is 2. The zero-order chi connectivity index (χ0) is 19.6. The van der Waals surface area contributed by atoms with Gasteiger partial charge in [-0.1, -0.05) is 36.4 Å². The summed E-state index contributed by atoms with van der Waals surface area (Å²) in [5.41, 5.74) is 5.56. The second kappa shape index (κ2) is 7.10. The highest BCUT2D eigenvalue weighted by Gasteiger charge is 2.14. The number of benzene rings is 3. The van der Waals surface area contributed by atoms with Crippen molar-refractivity contribution in [2.45, 2.75) is 0 Å². The van der Waals surface area contributed by atoms with Crippen molar-refractivity contribution >= 4 is 28.2 Å². The molecule has 0 aliphatic heterocycles. The quantitative estimate of drug-likeness (QED) is 0.313. The van der Waals surface area contributed by atoms with E-state index in [-0.39, 0.29) is 0 Å². The largest absolute Gasteiger partial charge is 0.452 e. The van der Waals surface area contributed by atoms with E-state index >= 15 is 0 Å². The fourth-order valence-electron chi connectivity index (χ4n) is 3.43. The van der Waals surface area contributed by atoms with E-state index in [1.54, 1.807) is 6.07 Å². The molecule has 2 heterocycles. The van der Waals surface area contributed by atoms with Gasteiger partial charge in [0.1, 0.15) is 5.76 Å². The van der Waals surface area contributed by atoms with Crippen molar-refractivity contribution in [2.75, 3.05) is 4.90 Å². The maximum atomic E-state index is 5.90. The van der Waals surface area contributed by atoms with E-state index in [2.05, 4.69) is 47.2 Å². The van der Waals surface area contributed by atoms with E-state index in [0.29, 0.717) is 16.9 Å². The molecule has 29 heavy (non-hydrogen) atoms. The molecule has 0 saturated heterocycles. The Balaban J connectivity index is 1.52. The second-order valence-corrected chi connectivity index (χ2v) is 6.65. The first kappa shape index (κ1) is 17.0. The highest BCUT2D eigenvalue weighted by atomic mass is 16.4. The minimum absolute atomic E-state index is 0.474. The lowest BCUT2D eigenvalue weighted by Gasteiger charge is -2.25. The molecule has 0 aliphatic rings. The molecule has 0 fully saturated rings. The summed E-state index contributed by atoms with van der Waals surface area (Å²) in [7, 11) is 0.